The molecule has 21 heavy (non-hydrogen) atoms. The molecule has 0 saturated heterocycles. The van der Waals surface area contributed by atoms with Crippen molar-refractivity contribution in [2.24, 2.45) is 0 Å². The number of thioether (sulfide) groups is 1. The number of hydrogen-bond acceptors (Lipinski definition) is 4. The molecule has 0 heterocycles. The summed E-state index contributed by atoms with van der Waals surface area (Å²) in [6, 6.07) is 10.1. The molecule has 0 saturated carbocycles. The lowest BCUT2D eigenvalue weighted by Crippen LogP contribution is -1.96. The minimum absolute atomic E-state index is 0.186. The van der Waals surface area contributed by atoms with Crippen LogP contribution in [0.4, 0.5) is 10.1 Å². The van der Waals surface area contributed by atoms with Gasteiger partial charge in [0.1, 0.15) is 23.2 Å². The van der Waals surface area contributed by atoms with Crippen molar-refractivity contribution in [3.05, 3.63) is 46.2 Å². The van der Waals surface area contributed by atoms with Crippen LogP contribution in [-0.2, 0) is 0 Å². The molecule has 108 valence electrons. The molecule has 0 aliphatic rings. The molecule has 0 aromatic heterocycles. The van der Waals surface area contributed by atoms with Crippen molar-refractivity contribution in [2.75, 3.05) is 11.5 Å². The van der Waals surface area contributed by atoms with E-state index in [9.17, 15) is 9.65 Å². The average Bonchev–Trinajstić information content (AvgIpc) is 2.45. The first-order valence-electron chi connectivity index (χ1n) is 6.15. The predicted octanol–water partition coefficient (Wildman–Crippen LogP) is 4.95. The van der Waals surface area contributed by atoms with Gasteiger partial charge in [0.25, 0.3) is 0 Å². The normalized spacial score (nSPS) is 10.2. The fraction of sp³-hybridized carbons (Fsp3) is 0.133. The Morgan fingerprint density at radius 2 is 2.14 bits per heavy atom. The summed E-state index contributed by atoms with van der Waals surface area (Å²) in [5.41, 5.74) is 6.53. The number of anilines is 1. The number of nitrogen functional groups attached to an aromatic ring is 1. The number of ether oxygens (including phenoxy) is 1. The predicted molar refractivity (Wildman–Crippen MR) is 86.1 cm³/mol. The van der Waals surface area contributed by atoms with Crippen LogP contribution in [0.15, 0.2) is 39.7 Å². The monoisotopic (exact) mass is 366 g/mol. The van der Waals surface area contributed by atoms with E-state index in [-0.39, 0.29) is 10.2 Å². The van der Waals surface area contributed by atoms with Crippen LogP contribution >= 0.6 is 27.7 Å². The first kappa shape index (κ1) is 15.7. The molecule has 0 fully saturated rings. The van der Waals surface area contributed by atoms with Crippen molar-refractivity contribution < 1.29 is 9.13 Å². The molecule has 0 aliphatic heterocycles. The van der Waals surface area contributed by atoms with Gasteiger partial charge in [-0.05, 0) is 39.9 Å². The van der Waals surface area contributed by atoms with Crippen molar-refractivity contribution in [3.8, 4) is 17.6 Å². The van der Waals surface area contributed by atoms with E-state index in [0.717, 1.165) is 10.6 Å². The lowest BCUT2D eigenvalue weighted by atomic mass is 10.2. The maximum absolute atomic E-state index is 13.6. The largest absolute Gasteiger partial charge is 0.454 e. The molecular weight excluding hydrogens is 355 g/mol. The smallest absolute Gasteiger partial charge is 0.153 e. The van der Waals surface area contributed by atoms with E-state index < -0.39 is 5.82 Å². The summed E-state index contributed by atoms with van der Waals surface area (Å²) in [7, 11) is 0. The minimum atomic E-state index is -0.475. The molecule has 3 nitrogen and oxygen atoms in total. The van der Waals surface area contributed by atoms with Crippen LogP contribution < -0.4 is 10.5 Å². The number of halogens is 2. The molecule has 0 atom stereocenters. The molecule has 2 rings (SSSR count). The maximum Gasteiger partial charge on any atom is 0.153 e. The van der Waals surface area contributed by atoms with Gasteiger partial charge in [-0.3, -0.25) is 0 Å². The molecule has 2 aromatic carbocycles. The van der Waals surface area contributed by atoms with Crippen molar-refractivity contribution in [1.29, 1.82) is 5.26 Å². The molecule has 6 heteroatoms. The third kappa shape index (κ3) is 3.49. The second-order valence-electron chi connectivity index (χ2n) is 4.08. The van der Waals surface area contributed by atoms with Crippen LogP contribution in [0.1, 0.15) is 12.5 Å². The van der Waals surface area contributed by atoms with Crippen molar-refractivity contribution in [2.45, 2.75) is 11.8 Å². The second kappa shape index (κ2) is 6.83. The minimum Gasteiger partial charge on any atom is -0.454 e. The van der Waals surface area contributed by atoms with E-state index in [4.69, 9.17) is 10.5 Å². The van der Waals surface area contributed by atoms with Crippen LogP contribution in [-0.4, -0.2) is 5.75 Å². The SMILES string of the molecule is CCSc1cccc(Oc2cc(F)c(Br)cc2N)c1C#N. The van der Waals surface area contributed by atoms with Gasteiger partial charge in [0, 0.05) is 11.0 Å². The summed E-state index contributed by atoms with van der Waals surface area (Å²) in [5.74, 6) is 0.916. The number of nitriles is 1. The molecule has 0 unspecified atom stereocenters. The highest BCUT2D eigenvalue weighted by Gasteiger charge is 2.13. The van der Waals surface area contributed by atoms with E-state index in [0.29, 0.717) is 17.0 Å². The summed E-state index contributed by atoms with van der Waals surface area (Å²) in [6.07, 6.45) is 0. The number of rotatable bonds is 4. The third-order valence-electron chi connectivity index (χ3n) is 2.67. The van der Waals surface area contributed by atoms with Gasteiger partial charge < -0.3 is 10.5 Å². The van der Waals surface area contributed by atoms with E-state index >= 15 is 0 Å². The van der Waals surface area contributed by atoms with Crippen molar-refractivity contribution >= 4 is 33.4 Å². The van der Waals surface area contributed by atoms with E-state index in [1.807, 2.05) is 13.0 Å². The summed E-state index contributed by atoms with van der Waals surface area (Å²) in [5, 5.41) is 9.32. The zero-order chi connectivity index (χ0) is 15.4. The third-order valence-corrected chi connectivity index (χ3v) is 4.22. The Balaban J connectivity index is 2.43. The summed E-state index contributed by atoms with van der Waals surface area (Å²) in [4.78, 5) is 0.827. The molecule has 0 spiro atoms. The highest BCUT2D eigenvalue weighted by Crippen LogP contribution is 2.36. The van der Waals surface area contributed by atoms with Crippen LogP contribution in [0.5, 0.6) is 11.5 Å². The lowest BCUT2D eigenvalue weighted by Gasteiger charge is -2.12. The fourth-order valence-electron chi connectivity index (χ4n) is 1.73. The van der Waals surface area contributed by atoms with Gasteiger partial charge in [-0.25, -0.2) is 4.39 Å². The highest BCUT2D eigenvalue weighted by atomic mass is 79.9. The van der Waals surface area contributed by atoms with E-state index in [1.54, 1.807) is 23.9 Å². The lowest BCUT2D eigenvalue weighted by molar-refractivity contribution is 0.475. The van der Waals surface area contributed by atoms with Crippen LogP contribution in [0.3, 0.4) is 0 Å². The Bertz CT molecular complexity index is 716. The number of benzene rings is 2. The average molecular weight is 367 g/mol. The number of hydrogen-bond donors (Lipinski definition) is 1. The maximum atomic E-state index is 13.6. The van der Waals surface area contributed by atoms with Crippen LogP contribution in [0.25, 0.3) is 0 Å². The van der Waals surface area contributed by atoms with Gasteiger partial charge >= 0.3 is 0 Å². The summed E-state index contributed by atoms with van der Waals surface area (Å²) >= 11 is 4.61. The molecule has 2 aromatic rings. The van der Waals surface area contributed by atoms with E-state index in [2.05, 4.69) is 22.0 Å². The molecule has 0 amide bonds. The van der Waals surface area contributed by atoms with Gasteiger partial charge in [-0.2, -0.15) is 5.26 Å². The summed E-state index contributed by atoms with van der Waals surface area (Å²) in [6.45, 7) is 2.00. The van der Waals surface area contributed by atoms with Crippen LogP contribution in [0, 0.1) is 17.1 Å². The molecule has 0 radical (unpaired) electrons. The van der Waals surface area contributed by atoms with Crippen molar-refractivity contribution in [1.82, 2.24) is 0 Å². The van der Waals surface area contributed by atoms with Crippen molar-refractivity contribution in [3.63, 3.8) is 0 Å². The molecule has 0 aliphatic carbocycles. The first-order valence-corrected chi connectivity index (χ1v) is 7.93. The number of nitrogens with zero attached hydrogens (tertiary/aromatic N) is 1. The fourth-order valence-corrected chi connectivity index (χ4v) is 2.87. The zero-order valence-corrected chi connectivity index (χ0v) is 13.6. The van der Waals surface area contributed by atoms with Gasteiger partial charge in [-0.1, -0.05) is 13.0 Å². The standard InChI is InChI=1S/C15H12BrFN2OS/c1-2-21-15-5-3-4-13(9(15)8-18)20-14-7-11(17)10(16)6-12(14)19/h3-7H,2,19H2,1H3. The number of nitrogens with two attached hydrogens (primary N) is 1. The quantitative estimate of drug-likeness (QED) is 0.614. The Hall–Kier alpha value is -1.71. The van der Waals surface area contributed by atoms with Gasteiger partial charge in [-0.15, -0.1) is 11.8 Å². The molecular formula is C15H12BrFN2OS. The summed E-state index contributed by atoms with van der Waals surface area (Å²) < 4.78 is 19.5. The second-order valence-corrected chi connectivity index (χ2v) is 6.24. The van der Waals surface area contributed by atoms with Gasteiger partial charge in [0.15, 0.2) is 5.75 Å². The first-order chi connectivity index (χ1) is 10.1. The topological polar surface area (TPSA) is 59.0 Å². The van der Waals surface area contributed by atoms with Gasteiger partial charge in [0.2, 0.25) is 0 Å². The van der Waals surface area contributed by atoms with Gasteiger partial charge in [0.05, 0.1) is 10.2 Å². The zero-order valence-electron chi connectivity index (χ0n) is 11.2. The Kier molecular flexibility index (Phi) is 5.10. The highest BCUT2D eigenvalue weighted by molar-refractivity contribution is 9.10. The Morgan fingerprint density at radius 3 is 2.81 bits per heavy atom. The van der Waals surface area contributed by atoms with Crippen LogP contribution in [0.2, 0.25) is 0 Å². The Morgan fingerprint density at radius 1 is 1.38 bits per heavy atom. The Labute approximate surface area is 135 Å². The molecule has 0 bridgehead atoms. The molecule has 2 N–H and O–H groups in total. The van der Waals surface area contributed by atoms with E-state index in [1.165, 1.54) is 12.1 Å².